The fourth-order valence-electron chi connectivity index (χ4n) is 1.99. The van der Waals surface area contributed by atoms with Gasteiger partial charge in [-0.2, -0.15) is 5.10 Å². The Labute approximate surface area is 99.7 Å². The maximum Gasteiger partial charge on any atom is 0.0668 e. The quantitative estimate of drug-likeness (QED) is 0.711. The predicted octanol–water partition coefficient (Wildman–Crippen LogP) is 3.18. The van der Waals surface area contributed by atoms with Crippen molar-refractivity contribution >= 4 is 0 Å². The van der Waals surface area contributed by atoms with Crippen LogP contribution in [-0.2, 0) is 0 Å². The molecule has 0 unspecified atom stereocenters. The molecule has 1 N–H and O–H groups in total. The summed E-state index contributed by atoms with van der Waals surface area (Å²) in [5, 5.41) is 6.98. The zero-order chi connectivity index (χ0) is 11.7. The smallest absolute Gasteiger partial charge is 0.0668 e. The van der Waals surface area contributed by atoms with Gasteiger partial charge in [-0.05, 0) is 30.7 Å². The average Bonchev–Trinajstić information content (AvgIpc) is 2.99. The number of H-pyrrole nitrogens is 1. The number of rotatable bonds is 2. The van der Waals surface area contributed by atoms with E-state index < -0.39 is 0 Å². The van der Waals surface area contributed by atoms with E-state index in [4.69, 9.17) is 0 Å². The lowest BCUT2D eigenvalue weighted by molar-refractivity contribution is 1.07. The fourth-order valence-corrected chi connectivity index (χ4v) is 1.99. The number of hydrogen-bond acceptors (Lipinski definition) is 1. The van der Waals surface area contributed by atoms with Gasteiger partial charge in [0.2, 0.25) is 0 Å². The fraction of sp³-hybridized carbons (Fsp3) is 0.0714. The van der Waals surface area contributed by atoms with Crippen LogP contribution in [0.5, 0.6) is 0 Å². The zero-order valence-electron chi connectivity index (χ0n) is 9.59. The Kier molecular flexibility index (Phi) is 2.29. The van der Waals surface area contributed by atoms with Crippen LogP contribution in [0.4, 0.5) is 0 Å². The first-order valence-corrected chi connectivity index (χ1v) is 5.58. The molecule has 0 spiro atoms. The van der Waals surface area contributed by atoms with Gasteiger partial charge in [0.05, 0.1) is 5.69 Å². The van der Waals surface area contributed by atoms with Gasteiger partial charge in [-0.1, -0.05) is 18.2 Å². The Morgan fingerprint density at radius 1 is 1.06 bits per heavy atom. The molecule has 3 nitrogen and oxygen atoms in total. The van der Waals surface area contributed by atoms with Crippen molar-refractivity contribution in [1.82, 2.24) is 14.8 Å². The summed E-state index contributed by atoms with van der Waals surface area (Å²) >= 11 is 0. The van der Waals surface area contributed by atoms with Gasteiger partial charge in [-0.25, -0.2) is 0 Å². The lowest BCUT2D eigenvalue weighted by atomic mass is 10.2. The summed E-state index contributed by atoms with van der Waals surface area (Å²) in [6.07, 6.45) is 6.03. The number of aromatic amines is 1. The summed E-state index contributed by atoms with van der Waals surface area (Å²) in [6.45, 7) is 2.11. The Morgan fingerprint density at radius 2 is 1.88 bits per heavy atom. The first-order chi connectivity index (χ1) is 8.34. The predicted molar refractivity (Wildman–Crippen MR) is 68.1 cm³/mol. The topological polar surface area (TPSA) is 33.6 Å². The second-order valence-corrected chi connectivity index (χ2v) is 4.07. The van der Waals surface area contributed by atoms with Crippen LogP contribution in [0.1, 0.15) is 5.56 Å². The molecule has 3 heteroatoms. The molecular weight excluding hydrogens is 210 g/mol. The Hall–Kier alpha value is -2.29. The Balaban J connectivity index is 2.08. The summed E-state index contributed by atoms with van der Waals surface area (Å²) in [5.74, 6) is 0. The summed E-state index contributed by atoms with van der Waals surface area (Å²) in [6, 6.07) is 12.3. The standard InChI is InChI=1S/C14H13N3/c1-11-9-17(12-5-3-2-4-6-12)10-13(11)14-7-8-15-16-14/h2-10H,1H3,(H,15,16). The van der Waals surface area contributed by atoms with E-state index in [9.17, 15) is 0 Å². The summed E-state index contributed by atoms with van der Waals surface area (Å²) in [4.78, 5) is 0. The van der Waals surface area contributed by atoms with Crippen molar-refractivity contribution in [2.45, 2.75) is 6.92 Å². The highest BCUT2D eigenvalue weighted by atomic mass is 15.1. The first-order valence-electron chi connectivity index (χ1n) is 5.58. The monoisotopic (exact) mass is 223 g/mol. The number of hydrogen-bond donors (Lipinski definition) is 1. The van der Waals surface area contributed by atoms with Crippen molar-refractivity contribution in [3.05, 3.63) is 60.6 Å². The number of nitrogens with one attached hydrogen (secondary N) is 1. The van der Waals surface area contributed by atoms with E-state index >= 15 is 0 Å². The third-order valence-electron chi connectivity index (χ3n) is 2.87. The molecule has 1 aromatic carbocycles. The molecule has 0 amide bonds. The van der Waals surface area contributed by atoms with Gasteiger partial charge in [0, 0.05) is 29.8 Å². The van der Waals surface area contributed by atoms with Crippen LogP contribution in [-0.4, -0.2) is 14.8 Å². The zero-order valence-corrected chi connectivity index (χ0v) is 9.59. The van der Waals surface area contributed by atoms with Gasteiger partial charge in [-0.15, -0.1) is 0 Å². The van der Waals surface area contributed by atoms with Crippen molar-refractivity contribution in [3.8, 4) is 16.9 Å². The van der Waals surface area contributed by atoms with E-state index in [0.29, 0.717) is 0 Å². The van der Waals surface area contributed by atoms with Gasteiger partial charge in [-0.3, -0.25) is 5.10 Å². The van der Waals surface area contributed by atoms with Crippen LogP contribution < -0.4 is 0 Å². The van der Waals surface area contributed by atoms with E-state index in [0.717, 1.165) is 5.69 Å². The molecule has 2 heterocycles. The molecule has 2 aromatic heterocycles. The number of benzene rings is 1. The van der Waals surface area contributed by atoms with Gasteiger partial charge in [0.15, 0.2) is 0 Å². The Bertz CT molecular complexity index is 606. The van der Waals surface area contributed by atoms with Gasteiger partial charge in [0.25, 0.3) is 0 Å². The molecule has 0 aliphatic carbocycles. The normalized spacial score (nSPS) is 10.6. The second-order valence-electron chi connectivity index (χ2n) is 4.07. The summed E-state index contributed by atoms with van der Waals surface area (Å²) < 4.78 is 2.13. The molecule has 84 valence electrons. The number of nitrogens with zero attached hydrogens (tertiary/aromatic N) is 2. The molecular formula is C14H13N3. The van der Waals surface area contributed by atoms with Crippen molar-refractivity contribution in [2.24, 2.45) is 0 Å². The summed E-state index contributed by atoms with van der Waals surface area (Å²) in [7, 11) is 0. The van der Waals surface area contributed by atoms with Gasteiger partial charge < -0.3 is 4.57 Å². The maximum atomic E-state index is 3.99. The minimum atomic E-state index is 1.05. The third kappa shape index (κ3) is 1.76. The molecule has 0 bridgehead atoms. The molecule has 3 aromatic rings. The van der Waals surface area contributed by atoms with Crippen LogP contribution in [0.3, 0.4) is 0 Å². The van der Waals surface area contributed by atoms with E-state index in [-0.39, 0.29) is 0 Å². The van der Waals surface area contributed by atoms with Gasteiger partial charge >= 0.3 is 0 Å². The Morgan fingerprint density at radius 3 is 2.59 bits per heavy atom. The molecule has 0 aliphatic heterocycles. The minimum absolute atomic E-state index is 1.05. The van der Waals surface area contributed by atoms with Gasteiger partial charge in [0.1, 0.15) is 0 Å². The molecule has 0 fully saturated rings. The summed E-state index contributed by atoms with van der Waals surface area (Å²) in [5.41, 5.74) is 4.64. The lowest BCUT2D eigenvalue weighted by Crippen LogP contribution is -1.87. The van der Waals surface area contributed by atoms with E-state index in [1.807, 2.05) is 24.3 Å². The van der Waals surface area contributed by atoms with Crippen LogP contribution in [0, 0.1) is 6.92 Å². The molecule has 0 aliphatic rings. The molecule has 3 rings (SSSR count). The molecule has 0 saturated carbocycles. The number of aromatic nitrogens is 3. The second kappa shape index (κ2) is 3.94. The minimum Gasteiger partial charge on any atom is -0.323 e. The van der Waals surface area contributed by atoms with E-state index in [2.05, 4.69) is 46.2 Å². The highest BCUT2D eigenvalue weighted by Crippen LogP contribution is 2.23. The van der Waals surface area contributed by atoms with Crippen LogP contribution in [0.15, 0.2) is 55.0 Å². The lowest BCUT2D eigenvalue weighted by Gasteiger charge is -2.00. The van der Waals surface area contributed by atoms with Crippen molar-refractivity contribution in [1.29, 1.82) is 0 Å². The van der Waals surface area contributed by atoms with E-state index in [1.54, 1.807) is 6.20 Å². The van der Waals surface area contributed by atoms with Crippen molar-refractivity contribution in [3.63, 3.8) is 0 Å². The molecule has 0 radical (unpaired) electrons. The van der Waals surface area contributed by atoms with Crippen LogP contribution >= 0.6 is 0 Å². The number of aryl methyl sites for hydroxylation is 1. The van der Waals surface area contributed by atoms with Crippen molar-refractivity contribution < 1.29 is 0 Å². The molecule has 0 atom stereocenters. The first kappa shape index (κ1) is 9.90. The third-order valence-corrected chi connectivity index (χ3v) is 2.87. The highest BCUT2D eigenvalue weighted by molar-refractivity contribution is 5.63. The maximum absolute atomic E-state index is 3.99. The highest BCUT2D eigenvalue weighted by Gasteiger charge is 2.07. The van der Waals surface area contributed by atoms with Crippen molar-refractivity contribution in [2.75, 3.05) is 0 Å². The van der Waals surface area contributed by atoms with E-state index in [1.165, 1.54) is 16.8 Å². The average molecular weight is 223 g/mol. The SMILES string of the molecule is Cc1cn(-c2ccccc2)cc1-c1ccn[nH]1. The molecule has 0 saturated heterocycles. The number of para-hydroxylation sites is 1. The molecule has 17 heavy (non-hydrogen) atoms. The largest absolute Gasteiger partial charge is 0.323 e. The van der Waals surface area contributed by atoms with Crippen LogP contribution in [0.2, 0.25) is 0 Å². The van der Waals surface area contributed by atoms with Crippen LogP contribution in [0.25, 0.3) is 16.9 Å².